The Bertz CT molecular complexity index is 894. The van der Waals surface area contributed by atoms with Crippen LogP contribution in [0.1, 0.15) is 17.3 Å². The van der Waals surface area contributed by atoms with Crippen LogP contribution in [0.25, 0.3) is 22.2 Å². The number of rotatable bonds is 4. The smallest absolute Gasteiger partial charge is 0.340 e. The highest BCUT2D eigenvalue weighted by Crippen LogP contribution is 2.32. The summed E-state index contributed by atoms with van der Waals surface area (Å²) >= 11 is 0. The fourth-order valence-corrected chi connectivity index (χ4v) is 2.53. The van der Waals surface area contributed by atoms with Gasteiger partial charge in [-0.3, -0.25) is 0 Å². The molecule has 0 saturated carbocycles. The van der Waals surface area contributed by atoms with Gasteiger partial charge in [-0.25, -0.2) is 14.2 Å². The van der Waals surface area contributed by atoms with Gasteiger partial charge < -0.3 is 9.47 Å². The van der Waals surface area contributed by atoms with Crippen LogP contribution in [0.15, 0.2) is 48.5 Å². The highest BCUT2D eigenvalue weighted by molar-refractivity contribution is 5.97. The van der Waals surface area contributed by atoms with Crippen molar-refractivity contribution in [3.8, 4) is 17.0 Å². The third-order valence-electron chi connectivity index (χ3n) is 3.66. The lowest BCUT2D eigenvalue weighted by atomic mass is 10.1. The summed E-state index contributed by atoms with van der Waals surface area (Å²) in [5.74, 6) is -0.922. The molecule has 0 atom stereocenters. The van der Waals surface area contributed by atoms with E-state index in [4.69, 9.17) is 4.74 Å². The standard InChI is InChI=1S/C19H16FNO3/c1-3-24-16-11-15(12-7-5-4-6-8-12)21-18-13(16)9-10-14(17(18)20)19(22)23-2/h4-11H,3H2,1-2H3. The Hall–Kier alpha value is -2.95. The van der Waals surface area contributed by atoms with E-state index in [9.17, 15) is 9.18 Å². The molecule has 0 radical (unpaired) electrons. The number of carbonyl (C=O) groups excluding carboxylic acids is 1. The minimum Gasteiger partial charge on any atom is -0.493 e. The molecular formula is C19H16FNO3. The third-order valence-corrected chi connectivity index (χ3v) is 3.66. The van der Waals surface area contributed by atoms with Crippen molar-refractivity contribution in [1.29, 1.82) is 0 Å². The first-order valence-corrected chi connectivity index (χ1v) is 7.55. The van der Waals surface area contributed by atoms with E-state index in [1.165, 1.54) is 13.2 Å². The normalized spacial score (nSPS) is 10.6. The van der Waals surface area contributed by atoms with Gasteiger partial charge in [-0.2, -0.15) is 0 Å². The predicted octanol–water partition coefficient (Wildman–Crippen LogP) is 4.23. The van der Waals surface area contributed by atoms with Crippen LogP contribution in [0, 0.1) is 5.82 Å². The van der Waals surface area contributed by atoms with Gasteiger partial charge in [0.15, 0.2) is 5.82 Å². The third kappa shape index (κ3) is 2.80. The molecule has 0 fully saturated rings. The molecule has 0 unspecified atom stereocenters. The molecule has 2 aromatic carbocycles. The molecular weight excluding hydrogens is 309 g/mol. The summed E-state index contributed by atoms with van der Waals surface area (Å²) in [7, 11) is 1.21. The number of carbonyl (C=O) groups is 1. The summed E-state index contributed by atoms with van der Waals surface area (Å²) in [5.41, 5.74) is 1.35. The maximum Gasteiger partial charge on any atom is 0.340 e. The molecule has 4 nitrogen and oxygen atoms in total. The van der Waals surface area contributed by atoms with Crippen molar-refractivity contribution < 1.29 is 18.7 Å². The minimum atomic E-state index is -0.737. The Morgan fingerprint density at radius 2 is 1.92 bits per heavy atom. The Balaban J connectivity index is 2.29. The van der Waals surface area contributed by atoms with E-state index >= 15 is 0 Å². The first kappa shape index (κ1) is 15.9. The van der Waals surface area contributed by atoms with Crippen LogP contribution in [-0.4, -0.2) is 24.7 Å². The molecule has 0 amide bonds. The maximum absolute atomic E-state index is 14.8. The lowest BCUT2D eigenvalue weighted by Gasteiger charge is -2.12. The second-order valence-electron chi connectivity index (χ2n) is 5.12. The molecule has 0 aliphatic rings. The zero-order valence-corrected chi connectivity index (χ0v) is 13.4. The number of hydrogen-bond acceptors (Lipinski definition) is 4. The fraction of sp³-hybridized carbons (Fsp3) is 0.158. The quantitative estimate of drug-likeness (QED) is 0.674. The van der Waals surface area contributed by atoms with Crippen molar-refractivity contribution in [3.63, 3.8) is 0 Å². The average Bonchev–Trinajstić information content (AvgIpc) is 2.62. The summed E-state index contributed by atoms with van der Waals surface area (Å²) < 4.78 is 25.1. The van der Waals surface area contributed by atoms with E-state index in [1.54, 1.807) is 12.1 Å². The van der Waals surface area contributed by atoms with E-state index in [-0.39, 0.29) is 11.1 Å². The lowest BCUT2D eigenvalue weighted by molar-refractivity contribution is 0.0596. The van der Waals surface area contributed by atoms with Crippen LogP contribution in [0.2, 0.25) is 0 Å². The van der Waals surface area contributed by atoms with Crippen molar-refractivity contribution in [2.45, 2.75) is 6.92 Å². The molecule has 3 rings (SSSR count). The highest BCUT2D eigenvalue weighted by atomic mass is 19.1. The Morgan fingerprint density at radius 3 is 2.58 bits per heavy atom. The molecule has 0 N–H and O–H groups in total. The largest absolute Gasteiger partial charge is 0.493 e. The number of esters is 1. The molecule has 24 heavy (non-hydrogen) atoms. The van der Waals surface area contributed by atoms with Crippen LogP contribution in [-0.2, 0) is 4.74 Å². The van der Waals surface area contributed by atoms with Gasteiger partial charge in [0, 0.05) is 17.0 Å². The average molecular weight is 325 g/mol. The monoisotopic (exact) mass is 325 g/mol. The molecule has 0 aliphatic heterocycles. The van der Waals surface area contributed by atoms with E-state index in [0.717, 1.165) is 5.56 Å². The molecule has 0 spiro atoms. The van der Waals surface area contributed by atoms with Crippen LogP contribution in [0.4, 0.5) is 4.39 Å². The second-order valence-corrected chi connectivity index (χ2v) is 5.12. The van der Waals surface area contributed by atoms with Gasteiger partial charge in [-0.1, -0.05) is 30.3 Å². The predicted molar refractivity (Wildman–Crippen MR) is 89.6 cm³/mol. The van der Waals surface area contributed by atoms with E-state index in [1.807, 2.05) is 37.3 Å². The van der Waals surface area contributed by atoms with E-state index in [2.05, 4.69) is 9.72 Å². The summed E-state index contributed by atoms with van der Waals surface area (Å²) in [6.45, 7) is 2.29. The minimum absolute atomic E-state index is 0.0858. The molecule has 1 aromatic heterocycles. The molecule has 1 heterocycles. The van der Waals surface area contributed by atoms with Crippen LogP contribution in [0.5, 0.6) is 5.75 Å². The number of fused-ring (bicyclic) bond motifs is 1. The number of hydrogen-bond donors (Lipinski definition) is 0. The van der Waals surface area contributed by atoms with Crippen molar-refractivity contribution in [2.24, 2.45) is 0 Å². The Kier molecular flexibility index (Phi) is 4.42. The van der Waals surface area contributed by atoms with Gasteiger partial charge in [0.2, 0.25) is 0 Å². The lowest BCUT2D eigenvalue weighted by Crippen LogP contribution is -2.06. The number of halogens is 1. The summed E-state index contributed by atoms with van der Waals surface area (Å²) in [6.07, 6.45) is 0. The van der Waals surface area contributed by atoms with Crippen molar-refractivity contribution in [3.05, 3.63) is 59.9 Å². The van der Waals surface area contributed by atoms with Gasteiger partial charge in [0.25, 0.3) is 0 Å². The zero-order valence-electron chi connectivity index (χ0n) is 13.4. The van der Waals surface area contributed by atoms with Crippen molar-refractivity contribution in [2.75, 3.05) is 13.7 Å². The number of benzene rings is 2. The number of aromatic nitrogens is 1. The first-order chi connectivity index (χ1) is 11.7. The molecule has 3 aromatic rings. The maximum atomic E-state index is 14.8. The summed E-state index contributed by atoms with van der Waals surface area (Å²) in [5, 5.41) is 0.515. The van der Waals surface area contributed by atoms with E-state index in [0.29, 0.717) is 23.4 Å². The van der Waals surface area contributed by atoms with Crippen molar-refractivity contribution >= 4 is 16.9 Å². The zero-order chi connectivity index (χ0) is 17.1. The van der Waals surface area contributed by atoms with Crippen LogP contribution in [0.3, 0.4) is 0 Å². The van der Waals surface area contributed by atoms with Gasteiger partial charge in [0.05, 0.1) is 25.0 Å². The number of ether oxygens (including phenoxy) is 2. The van der Waals surface area contributed by atoms with Crippen LogP contribution >= 0.6 is 0 Å². The van der Waals surface area contributed by atoms with Gasteiger partial charge >= 0.3 is 5.97 Å². The van der Waals surface area contributed by atoms with Crippen molar-refractivity contribution in [1.82, 2.24) is 4.98 Å². The van der Waals surface area contributed by atoms with Crippen LogP contribution < -0.4 is 4.74 Å². The summed E-state index contributed by atoms with van der Waals surface area (Å²) in [6, 6.07) is 14.2. The highest BCUT2D eigenvalue weighted by Gasteiger charge is 2.19. The topological polar surface area (TPSA) is 48.4 Å². The number of nitrogens with zero attached hydrogens (tertiary/aromatic N) is 1. The first-order valence-electron chi connectivity index (χ1n) is 7.55. The fourth-order valence-electron chi connectivity index (χ4n) is 2.53. The summed E-state index contributed by atoms with van der Waals surface area (Å²) in [4.78, 5) is 16.1. The SMILES string of the molecule is CCOc1cc(-c2ccccc2)nc2c(F)c(C(=O)OC)ccc12. The molecule has 122 valence electrons. The molecule has 0 bridgehead atoms. The molecule has 0 aliphatic carbocycles. The van der Waals surface area contributed by atoms with Gasteiger partial charge in [0.1, 0.15) is 11.3 Å². The Labute approximate surface area is 138 Å². The second kappa shape index (κ2) is 6.66. The van der Waals surface area contributed by atoms with E-state index < -0.39 is 11.8 Å². The number of methoxy groups -OCH3 is 1. The van der Waals surface area contributed by atoms with Gasteiger partial charge in [-0.15, -0.1) is 0 Å². The number of pyridine rings is 1. The molecule has 5 heteroatoms. The Morgan fingerprint density at radius 1 is 1.17 bits per heavy atom. The van der Waals surface area contributed by atoms with Gasteiger partial charge in [-0.05, 0) is 19.1 Å². The molecule has 0 saturated heterocycles.